The molecule has 0 saturated heterocycles. The Morgan fingerprint density at radius 2 is 1.88 bits per heavy atom. The van der Waals surface area contributed by atoms with Crippen molar-refractivity contribution in [3.05, 3.63) is 66.1 Å². The molecule has 1 atom stereocenters. The number of aromatic nitrogens is 3. The minimum absolute atomic E-state index is 0.0851. The van der Waals surface area contributed by atoms with Gasteiger partial charge in [-0.05, 0) is 30.7 Å². The molecule has 0 aliphatic rings. The summed E-state index contributed by atoms with van der Waals surface area (Å²) >= 11 is 1.45. The van der Waals surface area contributed by atoms with Crippen molar-refractivity contribution >= 4 is 22.7 Å². The van der Waals surface area contributed by atoms with Crippen LogP contribution in [0.15, 0.2) is 64.4 Å². The highest BCUT2D eigenvalue weighted by atomic mass is 32.2. The minimum atomic E-state index is -0.240. The summed E-state index contributed by atoms with van der Waals surface area (Å²) in [6.45, 7) is 2.02. The van der Waals surface area contributed by atoms with Crippen molar-refractivity contribution in [2.24, 2.45) is 0 Å². The van der Waals surface area contributed by atoms with E-state index in [1.807, 2.05) is 37.4 Å². The van der Waals surface area contributed by atoms with Gasteiger partial charge in [-0.25, -0.2) is 4.39 Å². The van der Waals surface area contributed by atoms with Gasteiger partial charge in [0.15, 0.2) is 0 Å². The van der Waals surface area contributed by atoms with Crippen molar-refractivity contribution < 1.29 is 8.81 Å². The van der Waals surface area contributed by atoms with E-state index in [0.29, 0.717) is 11.1 Å². The molecule has 120 valence electrons. The zero-order valence-electron chi connectivity index (χ0n) is 12.9. The average molecular weight is 339 g/mol. The standard InChI is InChI=1S/C18H14FN3OS/c1-11(12-6-8-13(19)9-7-12)24-18-22-21-17(23-18)15-10-20-16-5-3-2-4-14(15)16/h2-11,20H,1H3. The largest absolute Gasteiger partial charge is 0.411 e. The maximum atomic E-state index is 13.0. The molecule has 4 rings (SSSR count). The summed E-state index contributed by atoms with van der Waals surface area (Å²) in [5.41, 5.74) is 2.92. The molecule has 2 aromatic carbocycles. The molecule has 1 N–H and O–H groups in total. The van der Waals surface area contributed by atoms with Crippen molar-refractivity contribution in [1.82, 2.24) is 15.2 Å². The molecule has 1 unspecified atom stereocenters. The Balaban J connectivity index is 1.57. The van der Waals surface area contributed by atoms with E-state index in [0.717, 1.165) is 22.0 Å². The maximum absolute atomic E-state index is 13.0. The van der Waals surface area contributed by atoms with Crippen molar-refractivity contribution in [3.8, 4) is 11.5 Å². The van der Waals surface area contributed by atoms with Crippen LogP contribution in [0.2, 0.25) is 0 Å². The highest BCUT2D eigenvalue weighted by Gasteiger charge is 2.16. The molecule has 4 nitrogen and oxygen atoms in total. The molecule has 4 aromatic rings. The van der Waals surface area contributed by atoms with E-state index in [1.165, 1.54) is 23.9 Å². The fourth-order valence-electron chi connectivity index (χ4n) is 2.57. The molecule has 2 heterocycles. The van der Waals surface area contributed by atoms with Crippen molar-refractivity contribution in [3.63, 3.8) is 0 Å². The molecule has 0 amide bonds. The summed E-state index contributed by atoms with van der Waals surface area (Å²) < 4.78 is 18.8. The van der Waals surface area contributed by atoms with Crippen LogP contribution in [0, 0.1) is 5.82 Å². The van der Waals surface area contributed by atoms with Gasteiger partial charge in [-0.1, -0.05) is 42.1 Å². The van der Waals surface area contributed by atoms with Gasteiger partial charge < -0.3 is 9.40 Å². The first kappa shape index (κ1) is 15.0. The van der Waals surface area contributed by atoms with Crippen LogP contribution in [0.1, 0.15) is 17.7 Å². The monoisotopic (exact) mass is 339 g/mol. The SMILES string of the molecule is CC(Sc1nnc(-c2c[nH]c3ccccc23)o1)c1ccc(F)cc1. The number of fused-ring (bicyclic) bond motifs is 1. The Bertz CT molecular complexity index is 977. The highest BCUT2D eigenvalue weighted by molar-refractivity contribution is 7.99. The molecule has 0 fully saturated rings. The van der Waals surface area contributed by atoms with E-state index in [4.69, 9.17) is 4.42 Å². The molecular weight excluding hydrogens is 325 g/mol. The number of H-pyrrole nitrogens is 1. The van der Waals surface area contributed by atoms with Crippen LogP contribution in [0.4, 0.5) is 4.39 Å². The van der Waals surface area contributed by atoms with Crippen LogP contribution in [0.5, 0.6) is 0 Å². The van der Waals surface area contributed by atoms with Gasteiger partial charge in [-0.15, -0.1) is 10.2 Å². The van der Waals surface area contributed by atoms with Crippen LogP contribution in [-0.4, -0.2) is 15.2 Å². The lowest BCUT2D eigenvalue weighted by Crippen LogP contribution is -1.88. The fraction of sp³-hybridized carbons (Fsp3) is 0.111. The fourth-order valence-corrected chi connectivity index (χ4v) is 3.38. The summed E-state index contributed by atoms with van der Waals surface area (Å²) in [5.74, 6) is 0.247. The third kappa shape index (κ3) is 2.80. The Morgan fingerprint density at radius 1 is 1.08 bits per heavy atom. The lowest BCUT2D eigenvalue weighted by Gasteiger charge is -2.07. The number of nitrogens with zero attached hydrogens (tertiary/aromatic N) is 2. The molecule has 0 spiro atoms. The maximum Gasteiger partial charge on any atom is 0.277 e. The lowest BCUT2D eigenvalue weighted by atomic mass is 10.2. The summed E-state index contributed by atoms with van der Waals surface area (Å²) in [5, 5.41) is 9.90. The summed E-state index contributed by atoms with van der Waals surface area (Å²) in [7, 11) is 0. The van der Waals surface area contributed by atoms with Crippen molar-refractivity contribution in [2.75, 3.05) is 0 Å². The normalized spacial score (nSPS) is 12.6. The van der Waals surface area contributed by atoms with Gasteiger partial charge >= 0.3 is 0 Å². The Labute approximate surface area is 142 Å². The van der Waals surface area contributed by atoms with Gasteiger partial charge in [0.1, 0.15) is 5.82 Å². The Kier molecular flexibility index (Phi) is 3.82. The summed E-state index contributed by atoms with van der Waals surface area (Å²) in [4.78, 5) is 3.20. The quantitative estimate of drug-likeness (QED) is 0.519. The first-order valence-electron chi connectivity index (χ1n) is 7.53. The number of nitrogens with one attached hydrogen (secondary N) is 1. The number of hydrogen-bond acceptors (Lipinski definition) is 4. The van der Waals surface area contributed by atoms with E-state index >= 15 is 0 Å². The molecule has 24 heavy (non-hydrogen) atoms. The summed E-state index contributed by atoms with van der Waals surface area (Å²) in [6, 6.07) is 14.4. The van der Waals surface area contributed by atoms with E-state index in [9.17, 15) is 4.39 Å². The molecule has 0 radical (unpaired) electrons. The zero-order valence-corrected chi connectivity index (χ0v) is 13.7. The topological polar surface area (TPSA) is 54.7 Å². The number of thioether (sulfide) groups is 1. The van der Waals surface area contributed by atoms with Crippen LogP contribution in [0.3, 0.4) is 0 Å². The van der Waals surface area contributed by atoms with E-state index in [-0.39, 0.29) is 11.1 Å². The van der Waals surface area contributed by atoms with E-state index in [2.05, 4.69) is 15.2 Å². The minimum Gasteiger partial charge on any atom is -0.411 e. The smallest absolute Gasteiger partial charge is 0.277 e. The Hall–Kier alpha value is -2.60. The predicted molar refractivity (Wildman–Crippen MR) is 92.3 cm³/mol. The van der Waals surface area contributed by atoms with Crippen LogP contribution < -0.4 is 0 Å². The van der Waals surface area contributed by atoms with Crippen molar-refractivity contribution in [1.29, 1.82) is 0 Å². The number of halogens is 1. The van der Waals surface area contributed by atoms with E-state index in [1.54, 1.807) is 12.1 Å². The molecule has 0 aliphatic carbocycles. The number of rotatable bonds is 4. The predicted octanol–water partition coefficient (Wildman–Crippen LogP) is 5.21. The second-order valence-corrected chi connectivity index (χ2v) is 6.72. The molecule has 0 aliphatic heterocycles. The van der Waals surface area contributed by atoms with Gasteiger partial charge in [0.05, 0.1) is 5.56 Å². The molecule has 6 heteroatoms. The number of aromatic amines is 1. The summed E-state index contributed by atoms with van der Waals surface area (Å²) in [6.07, 6.45) is 1.87. The zero-order chi connectivity index (χ0) is 16.5. The second kappa shape index (κ2) is 6.13. The van der Waals surface area contributed by atoms with Crippen LogP contribution >= 0.6 is 11.8 Å². The van der Waals surface area contributed by atoms with E-state index < -0.39 is 0 Å². The van der Waals surface area contributed by atoms with Gasteiger partial charge in [0, 0.05) is 22.3 Å². The number of benzene rings is 2. The average Bonchev–Trinajstić information content (AvgIpc) is 3.22. The third-order valence-corrected chi connectivity index (χ3v) is 4.84. The first-order valence-corrected chi connectivity index (χ1v) is 8.41. The molecule has 0 bridgehead atoms. The molecular formula is C18H14FN3OS. The second-order valence-electron chi connectivity index (χ2n) is 5.43. The highest BCUT2D eigenvalue weighted by Crippen LogP contribution is 2.36. The van der Waals surface area contributed by atoms with Gasteiger partial charge in [-0.3, -0.25) is 0 Å². The van der Waals surface area contributed by atoms with Gasteiger partial charge in [0.2, 0.25) is 0 Å². The van der Waals surface area contributed by atoms with Gasteiger partial charge in [0.25, 0.3) is 11.1 Å². The molecule has 0 saturated carbocycles. The Morgan fingerprint density at radius 3 is 2.71 bits per heavy atom. The number of hydrogen-bond donors (Lipinski definition) is 1. The van der Waals surface area contributed by atoms with Crippen LogP contribution in [0.25, 0.3) is 22.4 Å². The van der Waals surface area contributed by atoms with Crippen LogP contribution in [-0.2, 0) is 0 Å². The third-order valence-electron chi connectivity index (χ3n) is 3.84. The number of para-hydroxylation sites is 1. The lowest BCUT2D eigenvalue weighted by molar-refractivity contribution is 0.465. The molecule has 2 aromatic heterocycles. The first-order chi connectivity index (χ1) is 11.7. The van der Waals surface area contributed by atoms with Crippen molar-refractivity contribution in [2.45, 2.75) is 17.4 Å². The van der Waals surface area contributed by atoms with Gasteiger partial charge in [-0.2, -0.15) is 0 Å².